The first-order valence-corrected chi connectivity index (χ1v) is 12.0. The minimum atomic E-state index is -0.0992. The second-order valence-electron chi connectivity index (χ2n) is 7.41. The molecule has 0 fully saturated rings. The van der Waals surface area contributed by atoms with Crippen molar-refractivity contribution >= 4 is 35.1 Å². The molecule has 3 aromatic rings. The Morgan fingerprint density at radius 3 is 2.39 bits per heavy atom. The molecule has 0 saturated carbocycles. The fourth-order valence-corrected chi connectivity index (χ4v) is 4.23. The van der Waals surface area contributed by atoms with E-state index < -0.39 is 0 Å². The van der Waals surface area contributed by atoms with Crippen LogP contribution in [0, 0.1) is 0 Å². The normalized spacial score (nSPS) is 11.5. The molecule has 0 radical (unpaired) electrons. The molecule has 5 nitrogen and oxygen atoms in total. The summed E-state index contributed by atoms with van der Waals surface area (Å²) in [4.78, 5) is 23.6. The lowest BCUT2D eigenvalue weighted by molar-refractivity contribution is 0.0940. The lowest BCUT2D eigenvalue weighted by atomic mass is 10.1. The molecule has 0 spiro atoms. The van der Waals surface area contributed by atoms with Crippen molar-refractivity contribution in [1.29, 1.82) is 0 Å². The summed E-state index contributed by atoms with van der Waals surface area (Å²) in [7, 11) is 0. The summed E-state index contributed by atoms with van der Waals surface area (Å²) < 4.78 is 0. The number of carbonyl (C=O) groups is 1. The number of rotatable bonds is 11. The average molecular weight is 479 g/mol. The van der Waals surface area contributed by atoms with E-state index in [2.05, 4.69) is 28.4 Å². The Morgan fingerprint density at radius 1 is 1.09 bits per heavy atom. The molecule has 1 atom stereocenters. The average Bonchev–Trinajstić information content (AvgIpc) is 2.83. The van der Waals surface area contributed by atoms with Crippen LogP contribution >= 0.6 is 23.4 Å². The van der Waals surface area contributed by atoms with E-state index in [1.165, 1.54) is 11.8 Å². The molecule has 3 rings (SSSR count). The molecule has 0 saturated heterocycles. The van der Waals surface area contributed by atoms with Crippen LogP contribution in [0.15, 0.2) is 91.1 Å². The molecule has 0 bridgehead atoms. The van der Waals surface area contributed by atoms with E-state index in [0.717, 1.165) is 16.9 Å². The van der Waals surface area contributed by atoms with Crippen molar-refractivity contribution in [3.05, 3.63) is 108 Å². The molecule has 170 valence electrons. The van der Waals surface area contributed by atoms with Crippen LogP contribution in [0.2, 0.25) is 5.15 Å². The molecule has 7 heteroatoms. The van der Waals surface area contributed by atoms with Gasteiger partial charge in [0.2, 0.25) is 0 Å². The highest BCUT2D eigenvalue weighted by molar-refractivity contribution is 7.98. The third-order valence-corrected chi connectivity index (χ3v) is 6.03. The maximum atomic E-state index is 12.6. The predicted molar refractivity (Wildman–Crippen MR) is 138 cm³/mol. The standard InChI is InChI=1S/C26H27ClN4OS/c1-4-15-31(16-5-2)24-17-23(27)29-26(30-24)33-18-20-11-13-22(14-12-20)25(32)28-19(3)21-9-7-6-8-10-21/h4-14,17,19H,1-2,15-16,18H2,3H3,(H,28,32). The molecule has 1 amide bonds. The Bertz CT molecular complexity index is 1080. The fourth-order valence-electron chi connectivity index (χ4n) is 3.19. The van der Waals surface area contributed by atoms with E-state index in [1.807, 2.05) is 78.6 Å². The molecule has 0 aliphatic carbocycles. The van der Waals surface area contributed by atoms with Gasteiger partial charge in [-0.25, -0.2) is 9.97 Å². The van der Waals surface area contributed by atoms with Gasteiger partial charge in [-0.1, -0.05) is 78.0 Å². The molecule has 1 aromatic heterocycles. The number of amides is 1. The quantitative estimate of drug-likeness (QED) is 0.156. The van der Waals surface area contributed by atoms with Crippen LogP contribution in [0.4, 0.5) is 5.82 Å². The Balaban J connectivity index is 1.61. The summed E-state index contributed by atoms with van der Waals surface area (Å²) in [6.45, 7) is 10.8. The van der Waals surface area contributed by atoms with Crippen LogP contribution in [0.1, 0.15) is 34.5 Å². The third-order valence-electron chi connectivity index (χ3n) is 4.92. The first-order chi connectivity index (χ1) is 16.0. The Hall–Kier alpha value is -3.09. The zero-order valence-electron chi connectivity index (χ0n) is 18.6. The van der Waals surface area contributed by atoms with E-state index in [0.29, 0.717) is 34.7 Å². The lowest BCUT2D eigenvalue weighted by Gasteiger charge is -2.20. The second-order valence-corrected chi connectivity index (χ2v) is 8.73. The van der Waals surface area contributed by atoms with Crippen LogP contribution in [-0.2, 0) is 5.75 Å². The number of aromatic nitrogens is 2. The number of carbonyl (C=O) groups excluding carboxylic acids is 1. The summed E-state index contributed by atoms with van der Waals surface area (Å²) >= 11 is 7.72. The van der Waals surface area contributed by atoms with Crippen LogP contribution in [-0.4, -0.2) is 29.0 Å². The van der Waals surface area contributed by atoms with E-state index in [9.17, 15) is 4.79 Å². The van der Waals surface area contributed by atoms with Crippen molar-refractivity contribution in [3.8, 4) is 0 Å². The lowest BCUT2D eigenvalue weighted by Crippen LogP contribution is -2.26. The first-order valence-electron chi connectivity index (χ1n) is 10.6. The number of thioether (sulfide) groups is 1. The summed E-state index contributed by atoms with van der Waals surface area (Å²) in [6.07, 6.45) is 3.62. The molecule has 1 unspecified atom stereocenters. The molecular weight excluding hydrogens is 452 g/mol. The summed E-state index contributed by atoms with van der Waals surface area (Å²) in [5.74, 6) is 1.29. The van der Waals surface area contributed by atoms with Crippen LogP contribution < -0.4 is 10.2 Å². The Labute approximate surface area is 204 Å². The van der Waals surface area contributed by atoms with Crippen molar-refractivity contribution in [2.75, 3.05) is 18.0 Å². The monoisotopic (exact) mass is 478 g/mol. The van der Waals surface area contributed by atoms with Crippen molar-refractivity contribution in [1.82, 2.24) is 15.3 Å². The number of hydrogen-bond donors (Lipinski definition) is 1. The van der Waals surface area contributed by atoms with Crippen molar-refractivity contribution < 1.29 is 4.79 Å². The topological polar surface area (TPSA) is 58.1 Å². The van der Waals surface area contributed by atoms with Crippen molar-refractivity contribution in [2.45, 2.75) is 23.9 Å². The molecule has 1 N–H and O–H groups in total. The minimum Gasteiger partial charge on any atom is -0.349 e. The number of hydrogen-bond acceptors (Lipinski definition) is 5. The predicted octanol–water partition coefficient (Wildman–Crippen LogP) is 6.09. The smallest absolute Gasteiger partial charge is 0.251 e. The van der Waals surface area contributed by atoms with Crippen LogP contribution in [0.3, 0.4) is 0 Å². The number of halogens is 1. The van der Waals surface area contributed by atoms with Gasteiger partial charge in [0.05, 0.1) is 6.04 Å². The Kier molecular flexibility index (Phi) is 9.10. The van der Waals surface area contributed by atoms with E-state index >= 15 is 0 Å². The van der Waals surface area contributed by atoms with Gasteiger partial charge in [0, 0.05) is 30.5 Å². The highest BCUT2D eigenvalue weighted by Gasteiger charge is 2.12. The largest absolute Gasteiger partial charge is 0.349 e. The minimum absolute atomic E-state index is 0.0650. The maximum Gasteiger partial charge on any atom is 0.251 e. The number of nitrogens with one attached hydrogen (secondary N) is 1. The van der Waals surface area contributed by atoms with E-state index in [-0.39, 0.29) is 11.9 Å². The SMILES string of the molecule is C=CCN(CC=C)c1cc(Cl)nc(SCc2ccc(C(=O)NC(C)c3ccccc3)cc2)n1. The van der Waals surface area contributed by atoms with Gasteiger partial charge in [-0.2, -0.15) is 0 Å². The number of benzene rings is 2. The van der Waals surface area contributed by atoms with Gasteiger partial charge in [0.25, 0.3) is 5.91 Å². The molecule has 2 aromatic carbocycles. The molecule has 0 aliphatic rings. The molecule has 33 heavy (non-hydrogen) atoms. The Morgan fingerprint density at radius 2 is 1.76 bits per heavy atom. The van der Waals surface area contributed by atoms with E-state index in [4.69, 9.17) is 11.6 Å². The fraction of sp³-hybridized carbons (Fsp3) is 0.192. The molecule has 1 heterocycles. The summed E-state index contributed by atoms with van der Waals surface area (Å²) in [5.41, 5.74) is 2.75. The maximum absolute atomic E-state index is 12.6. The van der Waals surface area contributed by atoms with Crippen LogP contribution in [0.25, 0.3) is 0 Å². The zero-order chi connectivity index (χ0) is 23.6. The summed E-state index contributed by atoms with van der Waals surface area (Å²) in [6, 6.07) is 19.1. The zero-order valence-corrected chi connectivity index (χ0v) is 20.1. The van der Waals surface area contributed by atoms with Gasteiger partial charge in [-0.05, 0) is 30.2 Å². The first kappa shape index (κ1) is 24.6. The van der Waals surface area contributed by atoms with Crippen LogP contribution in [0.5, 0.6) is 0 Å². The molecular formula is C26H27ClN4OS. The number of anilines is 1. The van der Waals surface area contributed by atoms with Gasteiger partial charge < -0.3 is 10.2 Å². The van der Waals surface area contributed by atoms with Gasteiger partial charge in [0.15, 0.2) is 5.16 Å². The van der Waals surface area contributed by atoms with Crippen molar-refractivity contribution in [2.24, 2.45) is 0 Å². The molecule has 0 aliphatic heterocycles. The second kappa shape index (κ2) is 12.2. The van der Waals surface area contributed by atoms with Gasteiger partial charge in [-0.15, -0.1) is 13.2 Å². The third kappa shape index (κ3) is 7.20. The van der Waals surface area contributed by atoms with Crippen molar-refractivity contribution in [3.63, 3.8) is 0 Å². The van der Waals surface area contributed by atoms with Gasteiger partial charge in [0.1, 0.15) is 11.0 Å². The summed E-state index contributed by atoms with van der Waals surface area (Å²) in [5, 5.41) is 4.02. The highest BCUT2D eigenvalue weighted by Crippen LogP contribution is 2.25. The highest BCUT2D eigenvalue weighted by atomic mass is 35.5. The van der Waals surface area contributed by atoms with E-state index in [1.54, 1.807) is 6.07 Å². The number of nitrogens with zero attached hydrogens (tertiary/aromatic N) is 3. The van der Waals surface area contributed by atoms with Gasteiger partial charge >= 0.3 is 0 Å². The van der Waals surface area contributed by atoms with Gasteiger partial charge in [-0.3, -0.25) is 4.79 Å².